The van der Waals surface area contributed by atoms with Crippen molar-refractivity contribution in [2.75, 3.05) is 13.2 Å². The Morgan fingerprint density at radius 3 is 2.71 bits per heavy atom. The minimum absolute atomic E-state index is 0.178. The Morgan fingerprint density at radius 2 is 2.12 bits per heavy atom. The molecule has 1 rings (SSSR count). The highest BCUT2D eigenvalue weighted by Gasteiger charge is 2.06. The molecule has 1 aromatic carbocycles. The second-order valence-electron chi connectivity index (χ2n) is 4.11. The van der Waals surface area contributed by atoms with E-state index in [2.05, 4.69) is 0 Å². The molecular weight excluding hydrogens is 221 g/mol. The van der Waals surface area contributed by atoms with Gasteiger partial charge in [0.25, 0.3) is 0 Å². The van der Waals surface area contributed by atoms with Crippen LogP contribution in [0, 0.1) is 5.82 Å². The molecule has 4 heteroatoms. The SMILES string of the molecule is CC(N)c1ccc(OCCCCCO)c(F)c1. The number of ether oxygens (including phenoxy) is 1. The van der Waals surface area contributed by atoms with Gasteiger partial charge < -0.3 is 15.6 Å². The van der Waals surface area contributed by atoms with Gasteiger partial charge in [-0.25, -0.2) is 4.39 Å². The molecule has 3 N–H and O–H groups in total. The van der Waals surface area contributed by atoms with Crippen LogP contribution >= 0.6 is 0 Å². The fourth-order valence-electron chi connectivity index (χ4n) is 1.49. The number of hydrogen-bond donors (Lipinski definition) is 2. The van der Waals surface area contributed by atoms with E-state index < -0.39 is 0 Å². The van der Waals surface area contributed by atoms with E-state index >= 15 is 0 Å². The van der Waals surface area contributed by atoms with Gasteiger partial charge in [0.1, 0.15) is 0 Å². The summed E-state index contributed by atoms with van der Waals surface area (Å²) in [5.74, 6) is -0.111. The zero-order valence-electron chi connectivity index (χ0n) is 10.2. The summed E-state index contributed by atoms with van der Waals surface area (Å²) < 4.78 is 18.9. The maximum atomic E-state index is 13.6. The molecular formula is C13H20FNO2. The Hall–Kier alpha value is -1.13. The first-order valence-electron chi connectivity index (χ1n) is 5.94. The Balaban J connectivity index is 2.43. The molecule has 0 saturated heterocycles. The van der Waals surface area contributed by atoms with Crippen LogP contribution in [0.5, 0.6) is 5.75 Å². The number of benzene rings is 1. The van der Waals surface area contributed by atoms with E-state index in [4.69, 9.17) is 15.6 Å². The molecule has 0 bridgehead atoms. The molecule has 0 heterocycles. The number of unbranched alkanes of at least 4 members (excludes halogenated alkanes) is 2. The van der Waals surface area contributed by atoms with E-state index in [0.29, 0.717) is 6.61 Å². The molecule has 0 saturated carbocycles. The monoisotopic (exact) mass is 241 g/mol. The molecule has 0 amide bonds. The van der Waals surface area contributed by atoms with Crippen LogP contribution in [0.25, 0.3) is 0 Å². The lowest BCUT2D eigenvalue weighted by molar-refractivity contribution is 0.261. The summed E-state index contributed by atoms with van der Waals surface area (Å²) in [5.41, 5.74) is 6.42. The van der Waals surface area contributed by atoms with E-state index in [1.165, 1.54) is 6.07 Å². The van der Waals surface area contributed by atoms with Crippen molar-refractivity contribution in [3.8, 4) is 5.75 Å². The highest BCUT2D eigenvalue weighted by Crippen LogP contribution is 2.21. The zero-order chi connectivity index (χ0) is 12.7. The van der Waals surface area contributed by atoms with Crippen molar-refractivity contribution in [2.45, 2.75) is 32.2 Å². The van der Waals surface area contributed by atoms with Crippen molar-refractivity contribution in [1.29, 1.82) is 0 Å². The number of aliphatic hydroxyl groups excluding tert-OH is 1. The normalized spacial score (nSPS) is 12.5. The molecule has 3 nitrogen and oxygen atoms in total. The van der Waals surface area contributed by atoms with Gasteiger partial charge in [0, 0.05) is 12.6 Å². The summed E-state index contributed by atoms with van der Waals surface area (Å²) in [7, 11) is 0. The Kier molecular flexibility index (Phi) is 5.94. The lowest BCUT2D eigenvalue weighted by Gasteiger charge is -2.10. The van der Waals surface area contributed by atoms with E-state index in [-0.39, 0.29) is 24.2 Å². The van der Waals surface area contributed by atoms with Crippen LogP contribution in [0.1, 0.15) is 37.8 Å². The maximum absolute atomic E-state index is 13.6. The first kappa shape index (κ1) is 13.9. The summed E-state index contributed by atoms with van der Waals surface area (Å²) in [6.45, 7) is 2.47. The van der Waals surface area contributed by atoms with Crippen molar-refractivity contribution in [1.82, 2.24) is 0 Å². The minimum atomic E-state index is -0.373. The standard InChI is InChI=1S/C13H20FNO2/c1-10(15)11-5-6-13(12(14)9-11)17-8-4-2-3-7-16/h5-6,9-10,16H,2-4,7-8,15H2,1H3. The Bertz CT molecular complexity index is 342. The van der Waals surface area contributed by atoms with Crippen molar-refractivity contribution in [3.05, 3.63) is 29.6 Å². The third-order valence-corrected chi connectivity index (χ3v) is 2.54. The molecule has 1 aromatic rings. The zero-order valence-corrected chi connectivity index (χ0v) is 10.2. The molecule has 1 unspecified atom stereocenters. The Labute approximate surface area is 101 Å². The number of aliphatic hydroxyl groups is 1. The van der Waals surface area contributed by atoms with Gasteiger partial charge >= 0.3 is 0 Å². The number of nitrogens with two attached hydrogens (primary N) is 1. The summed E-state index contributed by atoms with van der Waals surface area (Å²) in [6.07, 6.45) is 2.46. The van der Waals surface area contributed by atoms with E-state index in [9.17, 15) is 4.39 Å². The fourth-order valence-corrected chi connectivity index (χ4v) is 1.49. The Morgan fingerprint density at radius 1 is 1.35 bits per heavy atom. The highest BCUT2D eigenvalue weighted by molar-refractivity contribution is 5.30. The average Bonchev–Trinajstić information content (AvgIpc) is 2.30. The van der Waals surface area contributed by atoms with Crippen LogP contribution in [-0.2, 0) is 0 Å². The second-order valence-corrected chi connectivity index (χ2v) is 4.11. The number of hydrogen-bond acceptors (Lipinski definition) is 3. The smallest absolute Gasteiger partial charge is 0.165 e. The van der Waals surface area contributed by atoms with Gasteiger partial charge in [-0.2, -0.15) is 0 Å². The first-order valence-corrected chi connectivity index (χ1v) is 5.94. The molecule has 0 aliphatic heterocycles. The molecule has 0 spiro atoms. The van der Waals surface area contributed by atoms with Gasteiger partial charge in [-0.15, -0.1) is 0 Å². The molecule has 0 aliphatic rings. The van der Waals surface area contributed by atoms with Crippen molar-refractivity contribution < 1.29 is 14.2 Å². The van der Waals surface area contributed by atoms with Gasteiger partial charge in [-0.05, 0) is 43.9 Å². The fraction of sp³-hybridized carbons (Fsp3) is 0.538. The third-order valence-electron chi connectivity index (χ3n) is 2.54. The predicted molar refractivity (Wildman–Crippen MR) is 65.4 cm³/mol. The lowest BCUT2D eigenvalue weighted by Crippen LogP contribution is -2.06. The van der Waals surface area contributed by atoms with Gasteiger partial charge in [-0.1, -0.05) is 6.07 Å². The van der Waals surface area contributed by atoms with Crippen molar-refractivity contribution in [3.63, 3.8) is 0 Å². The molecule has 0 aromatic heterocycles. The van der Waals surface area contributed by atoms with Crippen LogP contribution < -0.4 is 10.5 Å². The molecule has 0 fully saturated rings. The first-order chi connectivity index (χ1) is 8.15. The van der Waals surface area contributed by atoms with Crippen LogP contribution in [0.2, 0.25) is 0 Å². The molecule has 0 radical (unpaired) electrons. The van der Waals surface area contributed by atoms with Gasteiger partial charge in [0.15, 0.2) is 11.6 Å². The summed E-state index contributed by atoms with van der Waals surface area (Å²) in [4.78, 5) is 0. The third kappa shape index (κ3) is 4.71. The summed E-state index contributed by atoms with van der Waals surface area (Å²) in [5, 5.41) is 8.60. The van der Waals surface area contributed by atoms with Gasteiger partial charge in [0.05, 0.1) is 6.61 Å². The van der Waals surface area contributed by atoms with Crippen LogP contribution in [-0.4, -0.2) is 18.3 Å². The quantitative estimate of drug-likeness (QED) is 0.721. The molecule has 1 atom stereocenters. The van der Waals surface area contributed by atoms with E-state index in [1.54, 1.807) is 12.1 Å². The van der Waals surface area contributed by atoms with Gasteiger partial charge in [0.2, 0.25) is 0 Å². The molecule has 0 aliphatic carbocycles. The average molecular weight is 241 g/mol. The topological polar surface area (TPSA) is 55.5 Å². The largest absolute Gasteiger partial charge is 0.491 e. The maximum Gasteiger partial charge on any atom is 0.165 e. The summed E-state index contributed by atoms with van der Waals surface area (Å²) >= 11 is 0. The minimum Gasteiger partial charge on any atom is -0.491 e. The highest BCUT2D eigenvalue weighted by atomic mass is 19.1. The second kappa shape index (κ2) is 7.25. The van der Waals surface area contributed by atoms with Crippen LogP contribution in [0.4, 0.5) is 4.39 Å². The molecule has 96 valence electrons. The number of halogens is 1. The van der Waals surface area contributed by atoms with Gasteiger partial charge in [-0.3, -0.25) is 0 Å². The van der Waals surface area contributed by atoms with Crippen molar-refractivity contribution in [2.24, 2.45) is 5.73 Å². The van der Waals surface area contributed by atoms with E-state index in [0.717, 1.165) is 24.8 Å². The van der Waals surface area contributed by atoms with Crippen molar-refractivity contribution >= 4 is 0 Å². The lowest BCUT2D eigenvalue weighted by atomic mass is 10.1. The van der Waals surface area contributed by atoms with E-state index in [1.807, 2.05) is 6.92 Å². The number of rotatable bonds is 7. The summed E-state index contributed by atoms with van der Waals surface area (Å²) in [6, 6.07) is 4.62. The van der Waals surface area contributed by atoms with Crippen LogP contribution in [0.3, 0.4) is 0 Å². The molecule has 17 heavy (non-hydrogen) atoms. The van der Waals surface area contributed by atoms with Crippen LogP contribution in [0.15, 0.2) is 18.2 Å². The predicted octanol–water partition coefficient (Wildman–Crippen LogP) is 2.39.